The minimum absolute atomic E-state index is 0.0789. The first-order valence-electron chi connectivity index (χ1n) is 10.4. The monoisotopic (exact) mass is 430 g/mol. The van der Waals surface area contributed by atoms with E-state index in [0.717, 1.165) is 25.7 Å². The lowest BCUT2D eigenvalue weighted by Crippen LogP contribution is -2.36. The number of hydrogen-bond donors (Lipinski definition) is 1. The number of likely N-dealkylation sites (tertiary alicyclic amines) is 1. The molecular weight excluding hydrogens is 400 g/mol. The summed E-state index contributed by atoms with van der Waals surface area (Å²) in [7, 11) is -2.27. The maximum atomic E-state index is 13.0. The molecule has 1 amide bonds. The third kappa shape index (κ3) is 5.61. The molecule has 1 fully saturated rings. The van der Waals surface area contributed by atoms with E-state index in [1.54, 1.807) is 11.0 Å². The van der Waals surface area contributed by atoms with Crippen molar-refractivity contribution in [1.29, 1.82) is 0 Å². The number of carbonyl (C=O) groups is 1. The minimum atomic E-state index is -3.75. The van der Waals surface area contributed by atoms with E-state index in [-0.39, 0.29) is 16.8 Å². The number of carbonyl (C=O) groups excluding carboxylic acids is 1. The summed E-state index contributed by atoms with van der Waals surface area (Å²) >= 11 is 0. The highest BCUT2D eigenvalue weighted by Gasteiger charge is 2.25. The van der Waals surface area contributed by atoms with Gasteiger partial charge in [-0.2, -0.15) is 0 Å². The van der Waals surface area contributed by atoms with E-state index in [0.29, 0.717) is 30.8 Å². The van der Waals surface area contributed by atoms with Crippen LogP contribution in [0.5, 0.6) is 5.75 Å². The molecular formula is C23H30N2O4S. The number of rotatable bonds is 8. The third-order valence-electron chi connectivity index (χ3n) is 5.42. The van der Waals surface area contributed by atoms with E-state index in [2.05, 4.69) is 4.72 Å². The number of piperidine rings is 1. The highest BCUT2D eigenvalue weighted by atomic mass is 32.2. The van der Waals surface area contributed by atoms with Crippen LogP contribution < -0.4 is 9.46 Å². The molecule has 0 aromatic heterocycles. The summed E-state index contributed by atoms with van der Waals surface area (Å²) in [6.45, 7) is 3.23. The van der Waals surface area contributed by atoms with E-state index >= 15 is 0 Å². The molecule has 2 aromatic carbocycles. The third-order valence-corrected chi connectivity index (χ3v) is 7.01. The zero-order chi connectivity index (χ0) is 21.6. The van der Waals surface area contributed by atoms with Gasteiger partial charge < -0.3 is 9.64 Å². The van der Waals surface area contributed by atoms with E-state index in [1.807, 2.05) is 37.3 Å². The molecule has 30 heavy (non-hydrogen) atoms. The Morgan fingerprint density at radius 1 is 1.10 bits per heavy atom. The molecule has 162 valence electrons. The van der Waals surface area contributed by atoms with Crippen LogP contribution in [0.2, 0.25) is 0 Å². The summed E-state index contributed by atoms with van der Waals surface area (Å²) in [5, 5.41) is 0. The van der Waals surface area contributed by atoms with Crippen LogP contribution in [0.1, 0.15) is 48.5 Å². The predicted molar refractivity (Wildman–Crippen MR) is 117 cm³/mol. The summed E-state index contributed by atoms with van der Waals surface area (Å²) in [5.41, 5.74) is 1.46. The lowest BCUT2D eigenvalue weighted by molar-refractivity contribution is 0.0720. The zero-order valence-corrected chi connectivity index (χ0v) is 18.5. The van der Waals surface area contributed by atoms with Gasteiger partial charge in [0.1, 0.15) is 5.75 Å². The van der Waals surface area contributed by atoms with Crippen LogP contribution in [-0.4, -0.2) is 45.5 Å². The van der Waals surface area contributed by atoms with Crippen LogP contribution in [0.25, 0.3) is 0 Å². The molecule has 0 aliphatic carbocycles. The molecule has 1 N–H and O–H groups in total. The number of ether oxygens (including phenoxy) is 1. The van der Waals surface area contributed by atoms with Crippen molar-refractivity contribution in [3.05, 3.63) is 59.7 Å². The molecule has 1 aliphatic rings. The second-order valence-corrected chi connectivity index (χ2v) is 9.48. The Bertz CT molecular complexity index is 954. The number of nitrogens with zero attached hydrogens (tertiary/aromatic N) is 1. The Labute approximate surface area is 179 Å². The van der Waals surface area contributed by atoms with Gasteiger partial charge in [-0.05, 0) is 62.8 Å². The molecule has 1 saturated heterocycles. The van der Waals surface area contributed by atoms with Gasteiger partial charge in [0, 0.05) is 19.1 Å². The predicted octanol–water partition coefficient (Wildman–Crippen LogP) is 3.62. The topological polar surface area (TPSA) is 75.7 Å². The molecule has 7 heteroatoms. The summed E-state index contributed by atoms with van der Waals surface area (Å²) in [5.74, 6) is 0.211. The van der Waals surface area contributed by atoms with Crippen molar-refractivity contribution in [2.45, 2.75) is 50.0 Å². The fraction of sp³-hybridized carbons (Fsp3) is 0.435. The Kier molecular flexibility index (Phi) is 7.50. The van der Waals surface area contributed by atoms with Gasteiger partial charge in [-0.3, -0.25) is 4.79 Å². The smallest absolute Gasteiger partial charge is 0.257 e. The highest BCUT2D eigenvalue weighted by molar-refractivity contribution is 7.89. The average molecular weight is 431 g/mol. The molecule has 2 aromatic rings. The second kappa shape index (κ2) is 10.1. The minimum Gasteiger partial charge on any atom is -0.496 e. The normalized spacial score (nSPS) is 15.6. The number of aryl methyl sites for hydroxylation is 1. The number of nitrogens with one attached hydrogen (secondary N) is 1. The van der Waals surface area contributed by atoms with Crippen molar-refractivity contribution in [2.75, 3.05) is 20.2 Å². The summed E-state index contributed by atoms with van der Waals surface area (Å²) in [6.07, 6.45) is 4.50. The fourth-order valence-corrected chi connectivity index (χ4v) is 5.01. The van der Waals surface area contributed by atoms with Gasteiger partial charge in [0.15, 0.2) is 0 Å². The Morgan fingerprint density at radius 3 is 2.47 bits per heavy atom. The van der Waals surface area contributed by atoms with Gasteiger partial charge >= 0.3 is 0 Å². The first-order chi connectivity index (χ1) is 14.4. The van der Waals surface area contributed by atoms with Gasteiger partial charge in [0.2, 0.25) is 10.0 Å². The van der Waals surface area contributed by atoms with Crippen molar-refractivity contribution >= 4 is 15.9 Å². The van der Waals surface area contributed by atoms with Gasteiger partial charge in [-0.25, -0.2) is 13.1 Å². The Morgan fingerprint density at radius 2 is 1.80 bits per heavy atom. The van der Waals surface area contributed by atoms with Gasteiger partial charge in [0.05, 0.1) is 17.6 Å². The molecule has 6 nitrogen and oxygen atoms in total. The first kappa shape index (κ1) is 22.3. The molecule has 1 heterocycles. The lowest BCUT2D eigenvalue weighted by Gasteiger charge is -2.27. The molecule has 0 saturated carbocycles. The van der Waals surface area contributed by atoms with Gasteiger partial charge in [-0.1, -0.05) is 30.3 Å². The number of hydrogen-bond acceptors (Lipinski definition) is 4. The SMILES string of the molecule is COc1ccc(S(=O)(=O)N[C@@H](C)CCc2ccccc2)cc1C(=O)N1CCCCC1. The summed E-state index contributed by atoms with van der Waals surface area (Å²) in [4.78, 5) is 14.8. The molecule has 0 radical (unpaired) electrons. The highest BCUT2D eigenvalue weighted by Crippen LogP contribution is 2.25. The van der Waals surface area contributed by atoms with E-state index in [9.17, 15) is 13.2 Å². The summed E-state index contributed by atoms with van der Waals surface area (Å²) in [6, 6.07) is 14.2. The van der Waals surface area contributed by atoms with Crippen molar-refractivity contribution in [1.82, 2.24) is 9.62 Å². The largest absolute Gasteiger partial charge is 0.496 e. The van der Waals surface area contributed by atoms with Crippen LogP contribution in [0.15, 0.2) is 53.4 Å². The molecule has 3 rings (SSSR count). The van der Waals surface area contributed by atoms with Crippen molar-refractivity contribution < 1.29 is 17.9 Å². The lowest BCUT2D eigenvalue weighted by atomic mass is 10.1. The Balaban J connectivity index is 1.73. The fourth-order valence-electron chi connectivity index (χ4n) is 3.71. The first-order valence-corrected chi connectivity index (χ1v) is 11.9. The molecule has 0 bridgehead atoms. The molecule has 0 unspecified atom stereocenters. The van der Waals surface area contributed by atoms with E-state index in [1.165, 1.54) is 24.8 Å². The average Bonchev–Trinajstić information content (AvgIpc) is 2.77. The maximum absolute atomic E-state index is 13.0. The van der Waals surface area contributed by atoms with Crippen LogP contribution in [0.4, 0.5) is 0 Å². The van der Waals surface area contributed by atoms with Crippen molar-refractivity contribution in [2.24, 2.45) is 0 Å². The molecule has 1 atom stereocenters. The van der Waals surface area contributed by atoms with Crippen molar-refractivity contribution in [3.8, 4) is 5.75 Å². The standard InChI is InChI=1S/C23H30N2O4S/c1-18(11-12-19-9-5-3-6-10-19)24-30(27,28)20-13-14-22(29-2)21(17-20)23(26)25-15-7-4-8-16-25/h3,5-6,9-10,13-14,17-18,24H,4,7-8,11-12,15-16H2,1-2H3/t18-/m0/s1. The molecule has 1 aliphatic heterocycles. The summed E-state index contributed by atoms with van der Waals surface area (Å²) < 4.78 is 33.9. The quantitative estimate of drug-likeness (QED) is 0.694. The maximum Gasteiger partial charge on any atom is 0.257 e. The van der Waals surface area contributed by atoms with Crippen LogP contribution >= 0.6 is 0 Å². The van der Waals surface area contributed by atoms with Crippen LogP contribution in [0.3, 0.4) is 0 Å². The molecule has 0 spiro atoms. The van der Waals surface area contributed by atoms with Crippen LogP contribution in [-0.2, 0) is 16.4 Å². The number of methoxy groups -OCH3 is 1. The number of amides is 1. The number of sulfonamides is 1. The van der Waals surface area contributed by atoms with Crippen LogP contribution in [0, 0.1) is 0 Å². The zero-order valence-electron chi connectivity index (χ0n) is 17.6. The van der Waals surface area contributed by atoms with Crippen molar-refractivity contribution in [3.63, 3.8) is 0 Å². The van der Waals surface area contributed by atoms with Gasteiger partial charge in [-0.15, -0.1) is 0 Å². The number of benzene rings is 2. The van der Waals surface area contributed by atoms with Gasteiger partial charge in [0.25, 0.3) is 5.91 Å². The Hall–Kier alpha value is -2.38. The second-order valence-electron chi connectivity index (χ2n) is 7.76. The van der Waals surface area contributed by atoms with E-state index in [4.69, 9.17) is 4.74 Å². The van der Waals surface area contributed by atoms with E-state index < -0.39 is 10.0 Å².